The van der Waals surface area contributed by atoms with E-state index < -0.39 is 5.91 Å². The molecule has 158 valence electrons. The summed E-state index contributed by atoms with van der Waals surface area (Å²) in [6.45, 7) is 3.48. The maximum atomic E-state index is 12.1. The lowest BCUT2D eigenvalue weighted by molar-refractivity contribution is -0.114. The Kier molecular flexibility index (Phi) is 6.95. The molecular formula is C23H21N3O5. The highest BCUT2D eigenvalue weighted by Crippen LogP contribution is 2.22. The van der Waals surface area contributed by atoms with Crippen molar-refractivity contribution in [2.24, 2.45) is 5.10 Å². The number of rotatable bonds is 7. The van der Waals surface area contributed by atoms with Gasteiger partial charge in [-0.05, 0) is 55.5 Å². The predicted molar refractivity (Wildman–Crippen MR) is 116 cm³/mol. The molecule has 0 fully saturated rings. The minimum atomic E-state index is -0.396. The van der Waals surface area contributed by atoms with Crippen LogP contribution >= 0.6 is 0 Å². The molecular weight excluding hydrogens is 398 g/mol. The van der Waals surface area contributed by atoms with E-state index in [1.165, 1.54) is 13.1 Å². The summed E-state index contributed by atoms with van der Waals surface area (Å²) < 4.78 is 10.7. The molecule has 0 unspecified atom stereocenters. The third-order valence-corrected chi connectivity index (χ3v) is 4.13. The van der Waals surface area contributed by atoms with E-state index in [-0.39, 0.29) is 11.9 Å². The fourth-order valence-corrected chi connectivity index (χ4v) is 2.69. The van der Waals surface area contributed by atoms with E-state index in [9.17, 15) is 14.4 Å². The lowest BCUT2D eigenvalue weighted by Crippen LogP contribution is -2.17. The molecule has 0 saturated heterocycles. The molecule has 0 radical (unpaired) electrons. The first-order chi connectivity index (χ1) is 15.0. The highest BCUT2D eigenvalue weighted by Gasteiger charge is 2.09. The van der Waals surface area contributed by atoms with Gasteiger partial charge in [-0.1, -0.05) is 12.1 Å². The summed E-state index contributed by atoms with van der Waals surface area (Å²) in [5, 5.41) is 6.53. The number of hydrazone groups is 1. The van der Waals surface area contributed by atoms with E-state index in [0.717, 1.165) is 5.56 Å². The van der Waals surface area contributed by atoms with Crippen LogP contribution < -0.4 is 10.7 Å². The molecule has 31 heavy (non-hydrogen) atoms. The number of esters is 1. The number of nitrogens with one attached hydrogen (secondary N) is 2. The Hall–Kier alpha value is -4.20. The van der Waals surface area contributed by atoms with Crippen LogP contribution in [0, 0.1) is 0 Å². The maximum absolute atomic E-state index is 12.1. The predicted octanol–water partition coefficient (Wildman–Crippen LogP) is 3.85. The van der Waals surface area contributed by atoms with E-state index in [4.69, 9.17) is 9.15 Å². The van der Waals surface area contributed by atoms with Crippen LogP contribution in [0.2, 0.25) is 0 Å². The summed E-state index contributed by atoms with van der Waals surface area (Å²) in [6, 6.07) is 16.8. The number of ether oxygens (including phenoxy) is 1. The zero-order valence-corrected chi connectivity index (χ0v) is 17.0. The van der Waals surface area contributed by atoms with Gasteiger partial charge in [-0.25, -0.2) is 10.2 Å². The summed E-state index contributed by atoms with van der Waals surface area (Å²) in [4.78, 5) is 34.9. The lowest BCUT2D eigenvalue weighted by Gasteiger charge is -2.03. The summed E-state index contributed by atoms with van der Waals surface area (Å²) in [5.41, 5.74) is 4.67. The van der Waals surface area contributed by atoms with E-state index >= 15 is 0 Å². The monoisotopic (exact) mass is 419 g/mol. The standard InChI is InChI=1S/C23H21N3O5/c1-3-30-23(29)18-6-4-16(5-7-18)21-13-12-20(31-21)14-24-26-22(28)17-8-10-19(11-9-17)25-15(2)27/h4-14H,3H2,1-2H3,(H,25,27)(H,26,28)/b24-14-. The zero-order chi connectivity index (χ0) is 22.2. The average Bonchev–Trinajstić information content (AvgIpc) is 3.23. The van der Waals surface area contributed by atoms with Gasteiger partial charge in [-0.3, -0.25) is 9.59 Å². The molecule has 0 aliphatic rings. The Morgan fingerprint density at radius 3 is 2.29 bits per heavy atom. The van der Waals surface area contributed by atoms with Gasteiger partial charge < -0.3 is 14.5 Å². The van der Waals surface area contributed by atoms with E-state index in [1.807, 2.05) is 0 Å². The van der Waals surface area contributed by atoms with Gasteiger partial charge in [0.25, 0.3) is 5.91 Å². The first kappa shape index (κ1) is 21.5. The average molecular weight is 419 g/mol. The summed E-state index contributed by atoms with van der Waals surface area (Å²) >= 11 is 0. The van der Waals surface area contributed by atoms with Gasteiger partial charge in [0.15, 0.2) is 0 Å². The van der Waals surface area contributed by atoms with Crippen LogP contribution in [-0.2, 0) is 9.53 Å². The van der Waals surface area contributed by atoms with E-state index in [0.29, 0.717) is 34.9 Å². The molecule has 0 aliphatic heterocycles. The molecule has 0 atom stereocenters. The lowest BCUT2D eigenvalue weighted by atomic mass is 10.1. The molecule has 0 bridgehead atoms. The smallest absolute Gasteiger partial charge is 0.338 e. The van der Waals surface area contributed by atoms with Crippen LogP contribution in [0.3, 0.4) is 0 Å². The van der Waals surface area contributed by atoms with Crippen molar-refractivity contribution >= 4 is 29.7 Å². The molecule has 3 aromatic rings. The van der Waals surface area contributed by atoms with Crippen molar-refractivity contribution in [1.82, 2.24) is 5.43 Å². The highest BCUT2D eigenvalue weighted by atomic mass is 16.5. The molecule has 2 N–H and O–H groups in total. The van der Waals surface area contributed by atoms with Crippen LogP contribution in [0.4, 0.5) is 5.69 Å². The first-order valence-electron chi connectivity index (χ1n) is 9.54. The number of amides is 2. The third kappa shape index (κ3) is 5.89. The fraction of sp³-hybridized carbons (Fsp3) is 0.130. The number of hydrogen-bond donors (Lipinski definition) is 2. The van der Waals surface area contributed by atoms with Gasteiger partial charge >= 0.3 is 5.97 Å². The van der Waals surface area contributed by atoms with Crippen molar-refractivity contribution in [2.45, 2.75) is 13.8 Å². The van der Waals surface area contributed by atoms with Crippen molar-refractivity contribution in [2.75, 3.05) is 11.9 Å². The van der Waals surface area contributed by atoms with Crippen molar-refractivity contribution in [3.8, 4) is 11.3 Å². The SMILES string of the molecule is CCOC(=O)c1ccc(-c2ccc(/C=N\NC(=O)c3ccc(NC(C)=O)cc3)o2)cc1. The Bertz CT molecular complexity index is 1100. The van der Waals surface area contributed by atoms with Crippen LogP contribution in [-0.4, -0.2) is 30.6 Å². The van der Waals surface area contributed by atoms with Crippen LogP contribution in [0.25, 0.3) is 11.3 Å². The molecule has 2 aromatic carbocycles. The van der Waals surface area contributed by atoms with Gasteiger partial charge in [0.1, 0.15) is 11.5 Å². The second kappa shape index (κ2) is 10.0. The Labute approximate surface area is 178 Å². The minimum Gasteiger partial charge on any atom is -0.462 e. The summed E-state index contributed by atoms with van der Waals surface area (Å²) in [5.74, 6) is 0.0888. The fourth-order valence-electron chi connectivity index (χ4n) is 2.69. The number of carbonyl (C=O) groups is 3. The van der Waals surface area contributed by atoms with Crippen LogP contribution in [0.1, 0.15) is 40.3 Å². The third-order valence-electron chi connectivity index (χ3n) is 4.13. The normalized spacial score (nSPS) is 10.6. The molecule has 0 spiro atoms. The maximum Gasteiger partial charge on any atom is 0.338 e. The van der Waals surface area contributed by atoms with Crippen LogP contribution in [0.5, 0.6) is 0 Å². The number of furan rings is 1. The molecule has 8 nitrogen and oxygen atoms in total. The van der Waals surface area contributed by atoms with Gasteiger partial charge in [0.2, 0.25) is 5.91 Å². The summed E-state index contributed by atoms with van der Waals surface area (Å²) in [6.07, 6.45) is 1.39. The van der Waals surface area contributed by atoms with Crippen molar-refractivity contribution < 1.29 is 23.5 Å². The number of nitrogens with zero attached hydrogens (tertiary/aromatic N) is 1. The van der Waals surface area contributed by atoms with Crippen molar-refractivity contribution in [1.29, 1.82) is 0 Å². The second-order valence-corrected chi connectivity index (χ2v) is 6.46. The highest BCUT2D eigenvalue weighted by molar-refractivity contribution is 5.96. The number of benzene rings is 2. The largest absolute Gasteiger partial charge is 0.462 e. The molecule has 3 rings (SSSR count). The number of hydrogen-bond acceptors (Lipinski definition) is 6. The Morgan fingerprint density at radius 1 is 0.968 bits per heavy atom. The Morgan fingerprint density at radius 2 is 1.65 bits per heavy atom. The quantitative estimate of drug-likeness (QED) is 0.343. The molecule has 0 saturated carbocycles. The molecule has 8 heteroatoms. The Balaban J connectivity index is 1.58. The number of anilines is 1. The molecule has 0 aliphatic carbocycles. The van der Waals surface area contributed by atoms with Crippen molar-refractivity contribution in [3.63, 3.8) is 0 Å². The first-order valence-corrected chi connectivity index (χ1v) is 9.54. The zero-order valence-electron chi connectivity index (χ0n) is 17.0. The molecule has 2 amide bonds. The summed E-state index contributed by atoms with van der Waals surface area (Å²) in [7, 11) is 0. The van der Waals surface area contributed by atoms with Gasteiger partial charge in [0, 0.05) is 23.7 Å². The topological polar surface area (TPSA) is 110 Å². The minimum absolute atomic E-state index is 0.186. The van der Waals surface area contributed by atoms with Gasteiger partial charge in [-0.15, -0.1) is 0 Å². The number of carbonyl (C=O) groups excluding carboxylic acids is 3. The van der Waals surface area contributed by atoms with Gasteiger partial charge in [0.05, 0.1) is 18.4 Å². The second-order valence-electron chi connectivity index (χ2n) is 6.46. The van der Waals surface area contributed by atoms with Gasteiger partial charge in [-0.2, -0.15) is 5.10 Å². The van der Waals surface area contributed by atoms with Crippen LogP contribution in [0.15, 0.2) is 70.2 Å². The van der Waals surface area contributed by atoms with Crippen molar-refractivity contribution in [3.05, 3.63) is 77.6 Å². The molecule has 1 aromatic heterocycles. The van der Waals surface area contributed by atoms with E-state index in [1.54, 1.807) is 67.6 Å². The molecule has 1 heterocycles. The van der Waals surface area contributed by atoms with E-state index in [2.05, 4.69) is 15.8 Å².